The van der Waals surface area contributed by atoms with Gasteiger partial charge in [0.05, 0.1) is 17.5 Å². The molecule has 0 saturated carbocycles. The molecule has 0 aliphatic rings. The van der Waals surface area contributed by atoms with Crippen LogP contribution >= 0.6 is 23.1 Å². The predicted octanol–water partition coefficient (Wildman–Crippen LogP) is 4.33. The van der Waals surface area contributed by atoms with Crippen LogP contribution in [0.4, 0.5) is 0 Å². The van der Waals surface area contributed by atoms with E-state index in [2.05, 4.69) is 21.4 Å². The number of carbonyl (C=O) groups is 1. The maximum Gasteiger partial charge on any atom is 0.231 e. The molecule has 2 heterocycles. The molecule has 0 spiro atoms. The van der Waals surface area contributed by atoms with Gasteiger partial charge in [0, 0.05) is 4.88 Å². The third-order valence-corrected chi connectivity index (χ3v) is 6.08. The van der Waals surface area contributed by atoms with E-state index in [9.17, 15) is 10.1 Å². The Balaban J connectivity index is 1.75. The summed E-state index contributed by atoms with van der Waals surface area (Å²) in [6.07, 6.45) is 0. The van der Waals surface area contributed by atoms with Gasteiger partial charge in [-0.3, -0.25) is 4.79 Å². The second kappa shape index (κ2) is 9.00. The van der Waals surface area contributed by atoms with E-state index in [-0.39, 0.29) is 17.7 Å². The van der Waals surface area contributed by atoms with Gasteiger partial charge >= 0.3 is 0 Å². The highest BCUT2D eigenvalue weighted by Gasteiger charge is 2.19. The summed E-state index contributed by atoms with van der Waals surface area (Å²) in [7, 11) is 0. The van der Waals surface area contributed by atoms with Crippen molar-refractivity contribution in [1.82, 2.24) is 15.3 Å². The minimum Gasteiger partial charge on any atom is -0.344 e. The third-order valence-electron chi connectivity index (χ3n) is 4.16. The molecule has 1 N–H and O–H groups in total. The summed E-state index contributed by atoms with van der Waals surface area (Å²) < 4.78 is 0. The van der Waals surface area contributed by atoms with Crippen LogP contribution in [-0.4, -0.2) is 21.6 Å². The normalized spacial score (nSPS) is 11.6. The maximum absolute atomic E-state index is 12.7. The molecule has 1 aromatic carbocycles. The van der Waals surface area contributed by atoms with E-state index in [4.69, 9.17) is 0 Å². The molecule has 142 valence electrons. The van der Waals surface area contributed by atoms with Crippen LogP contribution in [0.15, 0.2) is 46.8 Å². The van der Waals surface area contributed by atoms with E-state index >= 15 is 0 Å². The fraction of sp³-hybridized carbons (Fsp3) is 0.238. The lowest BCUT2D eigenvalue weighted by Crippen LogP contribution is -2.30. The quantitative estimate of drug-likeness (QED) is 0.485. The highest BCUT2D eigenvalue weighted by atomic mass is 32.2. The molecule has 1 atom stereocenters. The van der Waals surface area contributed by atoms with Crippen LogP contribution in [0.25, 0.3) is 0 Å². The first-order chi connectivity index (χ1) is 13.5. The summed E-state index contributed by atoms with van der Waals surface area (Å²) in [6.45, 7) is 5.60. The van der Waals surface area contributed by atoms with Gasteiger partial charge in [-0.1, -0.05) is 47.7 Å². The fourth-order valence-corrected chi connectivity index (χ4v) is 4.47. The topological polar surface area (TPSA) is 78.7 Å². The Morgan fingerprint density at radius 1 is 1.21 bits per heavy atom. The molecule has 0 bridgehead atoms. The zero-order valence-corrected chi connectivity index (χ0v) is 17.5. The Morgan fingerprint density at radius 3 is 2.61 bits per heavy atom. The molecule has 0 aliphatic heterocycles. The third kappa shape index (κ3) is 4.77. The minimum atomic E-state index is -0.196. The fourth-order valence-electron chi connectivity index (χ4n) is 2.78. The molecule has 1 unspecified atom stereocenters. The Morgan fingerprint density at radius 2 is 1.96 bits per heavy atom. The van der Waals surface area contributed by atoms with Gasteiger partial charge in [-0.25, -0.2) is 9.97 Å². The van der Waals surface area contributed by atoms with Crippen molar-refractivity contribution < 1.29 is 4.79 Å². The molecular formula is C21H20N4OS2. The molecule has 28 heavy (non-hydrogen) atoms. The number of thioether (sulfide) groups is 1. The molecule has 1 amide bonds. The van der Waals surface area contributed by atoms with Gasteiger partial charge in [-0.15, -0.1) is 11.3 Å². The number of nitrogens with one attached hydrogen (secondary N) is 1. The monoisotopic (exact) mass is 408 g/mol. The Hall–Kier alpha value is -2.69. The smallest absolute Gasteiger partial charge is 0.231 e. The zero-order chi connectivity index (χ0) is 20.1. The molecule has 3 rings (SSSR count). The molecule has 2 aromatic heterocycles. The van der Waals surface area contributed by atoms with Crippen LogP contribution in [-0.2, 0) is 4.79 Å². The SMILES string of the molecule is Cc1ccc(C(NC(=O)CSc2nc(C)nc(C)c2C#N)c2cccs2)cc1. The van der Waals surface area contributed by atoms with Crippen molar-refractivity contribution in [1.29, 1.82) is 5.26 Å². The van der Waals surface area contributed by atoms with E-state index in [1.165, 1.54) is 17.3 Å². The van der Waals surface area contributed by atoms with Crippen LogP contribution in [0, 0.1) is 32.1 Å². The number of hydrogen-bond donors (Lipinski definition) is 1. The number of rotatable bonds is 6. The van der Waals surface area contributed by atoms with Crippen molar-refractivity contribution >= 4 is 29.0 Å². The summed E-state index contributed by atoms with van der Waals surface area (Å²) in [5.41, 5.74) is 3.28. The number of carbonyl (C=O) groups excluding carboxylic acids is 1. The lowest BCUT2D eigenvalue weighted by Gasteiger charge is -2.18. The predicted molar refractivity (Wildman–Crippen MR) is 112 cm³/mol. The number of hydrogen-bond acceptors (Lipinski definition) is 6. The molecule has 0 radical (unpaired) electrons. The van der Waals surface area contributed by atoms with E-state index in [0.29, 0.717) is 22.1 Å². The van der Waals surface area contributed by atoms with Crippen molar-refractivity contribution in [3.8, 4) is 6.07 Å². The Kier molecular flexibility index (Phi) is 6.45. The van der Waals surface area contributed by atoms with E-state index < -0.39 is 0 Å². The first kappa shape index (κ1) is 20.1. The highest BCUT2D eigenvalue weighted by molar-refractivity contribution is 8.00. The van der Waals surface area contributed by atoms with Gasteiger partial charge in [0.15, 0.2) is 0 Å². The molecule has 0 saturated heterocycles. The van der Waals surface area contributed by atoms with E-state index in [1.807, 2.05) is 48.7 Å². The number of aryl methyl sites for hydroxylation is 3. The summed E-state index contributed by atoms with van der Waals surface area (Å²) in [6, 6.07) is 14.1. The molecule has 3 aromatic rings. The second-order valence-corrected chi connectivity index (χ2v) is 8.31. The van der Waals surface area contributed by atoms with Gasteiger partial charge in [0.2, 0.25) is 5.91 Å². The average molecular weight is 409 g/mol. The zero-order valence-electron chi connectivity index (χ0n) is 15.9. The first-order valence-electron chi connectivity index (χ1n) is 8.75. The summed E-state index contributed by atoms with van der Waals surface area (Å²) in [5, 5.41) is 15.0. The van der Waals surface area contributed by atoms with Crippen LogP contribution < -0.4 is 5.32 Å². The standard InChI is InChI=1S/C21H20N4OS2/c1-13-6-8-16(9-7-13)20(18-5-4-10-27-18)25-19(26)12-28-21-17(11-22)14(2)23-15(3)24-21/h4-10,20H,12H2,1-3H3,(H,25,26). The van der Waals surface area contributed by atoms with Crippen molar-refractivity contribution in [2.45, 2.75) is 31.8 Å². The number of thiophene rings is 1. The summed E-state index contributed by atoms with van der Waals surface area (Å²) in [4.78, 5) is 22.3. The highest BCUT2D eigenvalue weighted by Crippen LogP contribution is 2.27. The van der Waals surface area contributed by atoms with Crippen LogP contribution in [0.5, 0.6) is 0 Å². The van der Waals surface area contributed by atoms with Crippen LogP contribution in [0.3, 0.4) is 0 Å². The second-order valence-electron chi connectivity index (χ2n) is 6.36. The van der Waals surface area contributed by atoms with Gasteiger partial charge < -0.3 is 5.32 Å². The minimum absolute atomic E-state index is 0.109. The van der Waals surface area contributed by atoms with Gasteiger partial charge in [-0.2, -0.15) is 5.26 Å². The number of amides is 1. The van der Waals surface area contributed by atoms with E-state index in [1.54, 1.807) is 25.2 Å². The van der Waals surface area contributed by atoms with Gasteiger partial charge in [0.1, 0.15) is 22.5 Å². The van der Waals surface area contributed by atoms with Crippen molar-refractivity contribution in [2.24, 2.45) is 0 Å². The maximum atomic E-state index is 12.7. The molecular weight excluding hydrogens is 388 g/mol. The Labute approximate surface area is 172 Å². The van der Waals surface area contributed by atoms with Crippen molar-refractivity contribution in [2.75, 3.05) is 5.75 Å². The van der Waals surface area contributed by atoms with Crippen molar-refractivity contribution in [3.05, 3.63) is 74.9 Å². The lowest BCUT2D eigenvalue weighted by atomic mass is 10.0. The summed E-state index contributed by atoms with van der Waals surface area (Å²) in [5.74, 6) is 0.662. The number of aromatic nitrogens is 2. The van der Waals surface area contributed by atoms with Gasteiger partial charge in [0.25, 0.3) is 0 Å². The summed E-state index contributed by atoms with van der Waals surface area (Å²) >= 11 is 2.87. The number of nitrogens with zero attached hydrogens (tertiary/aromatic N) is 3. The lowest BCUT2D eigenvalue weighted by molar-refractivity contribution is -0.119. The Bertz CT molecular complexity index is 1010. The van der Waals surface area contributed by atoms with Crippen LogP contribution in [0.2, 0.25) is 0 Å². The first-order valence-corrected chi connectivity index (χ1v) is 10.6. The largest absolute Gasteiger partial charge is 0.344 e. The number of benzene rings is 1. The molecule has 7 heteroatoms. The van der Waals surface area contributed by atoms with Gasteiger partial charge in [-0.05, 0) is 37.8 Å². The molecule has 0 fully saturated rings. The van der Waals surface area contributed by atoms with E-state index in [0.717, 1.165) is 10.4 Å². The molecule has 0 aliphatic carbocycles. The van der Waals surface area contributed by atoms with Crippen LogP contribution in [0.1, 0.15) is 39.1 Å². The molecule has 5 nitrogen and oxygen atoms in total. The number of nitriles is 1. The van der Waals surface area contributed by atoms with Crippen molar-refractivity contribution in [3.63, 3.8) is 0 Å². The average Bonchev–Trinajstić information content (AvgIpc) is 3.19.